The Kier molecular flexibility index (Phi) is 6.85. The maximum absolute atomic E-state index is 12.5. The molecule has 1 aliphatic heterocycles. The van der Waals surface area contributed by atoms with Crippen LogP contribution in [0.4, 0.5) is 4.79 Å². The van der Waals surface area contributed by atoms with E-state index in [1.165, 1.54) is 0 Å². The number of carbonyl (C=O) groups excluding carboxylic acids is 2. The lowest BCUT2D eigenvalue weighted by Crippen LogP contribution is -2.45. The average molecular weight is 395 g/mol. The van der Waals surface area contributed by atoms with Gasteiger partial charge in [-0.05, 0) is 31.0 Å². The minimum atomic E-state index is -0.505. The quantitative estimate of drug-likeness (QED) is 0.537. The number of unbranched alkanes of at least 4 members (excludes halogenated alkanes) is 3. The number of rotatable bonds is 7. The minimum Gasteiger partial charge on any atom is -0.462 e. The molecule has 130 valence electrons. The van der Waals surface area contributed by atoms with Crippen LogP contribution in [0.25, 0.3) is 0 Å². The van der Waals surface area contributed by atoms with Crippen LogP contribution in [0.1, 0.15) is 51.1 Å². The van der Waals surface area contributed by atoms with Crippen LogP contribution in [0.5, 0.6) is 0 Å². The summed E-state index contributed by atoms with van der Waals surface area (Å²) in [6.45, 7) is 4.26. The molecule has 0 aromatic heterocycles. The molecule has 6 heteroatoms. The maximum atomic E-state index is 12.5. The van der Waals surface area contributed by atoms with Gasteiger partial charge in [0.15, 0.2) is 0 Å². The fraction of sp³-hybridized carbons (Fsp3) is 0.444. The van der Waals surface area contributed by atoms with Gasteiger partial charge in [0, 0.05) is 10.2 Å². The van der Waals surface area contributed by atoms with E-state index in [4.69, 9.17) is 4.74 Å². The molecule has 2 amide bonds. The number of esters is 1. The zero-order valence-corrected chi connectivity index (χ0v) is 15.6. The Morgan fingerprint density at radius 2 is 1.92 bits per heavy atom. The highest BCUT2D eigenvalue weighted by molar-refractivity contribution is 9.10. The van der Waals surface area contributed by atoms with Crippen molar-refractivity contribution < 1.29 is 14.3 Å². The summed E-state index contributed by atoms with van der Waals surface area (Å²) in [6, 6.07) is 6.69. The average Bonchev–Trinajstić information content (AvgIpc) is 2.54. The minimum absolute atomic E-state index is 0.320. The molecule has 0 radical (unpaired) electrons. The monoisotopic (exact) mass is 394 g/mol. The van der Waals surface area contributed by atoms with E-state index in [2.05, 4.69) is 33.5 Å². The second-order valence-corrected chi connectivity index (χ2v) is 6.73. The third-order valence-corrected chi connectivity index (χ3v) is 4.45. The fourth-order valence-electron chi connectivity index (χ4n) is 2.64. The molecular formula is C18H23BrN2O3. The molecule has 0 unspecified atom stereocenters. The van der Waals surface area contributed by atoms with E-state index in [-0.39, 0.29) is 12.0 Å². The normalized spacial score (nSPS) is 17.3. The van der Waals surface area contributed by atoms with Crippen LogP contribution in [-0.2, 0) is 9.53 Å². The first-order chi connectivity index (χ1) is 11.5. The number of halogens is 1. The van der Waals surface area contributed by atoms with Gasteiger partial charge >= 0.3 is 12.0 Å². The fourth-order valence-corrected chi connectivity index (χ4v) is 2.91. The van der Waals surface area contributed by atoms with Gasteiger partial charge in [0.25, 0.3) is 0 Å². The zero-order chi connectivity index (χ0) is 17.5. The zero-order valence-electron chi connectivity index (χ0n) is 14.0. The molecule has 24 heavy (non-hydrogen) atoms. The Balaban J connectivity index is 2.13. The molecule has 2 N–H and O–H groups in total. The van der Waals surface area contributed by atoms with Gasteiger partial charge in [0.05, 0.1) is 18.2 Å². The lowest BCUT2D eigenvalue weighted by molar-refractivity contribution is -0.139. The molecule has 0 fully saturated rings. The number of hydrogen-bond donors (Lipinski definition) is 2. The molecular weight excluding hydrogens is 372 g/mol. The van der Waals surface area contributed by atoms with Crippen molar-refractivity contribution in [2.24, 2.45) is 0 Å². The number of allylic oxidation sites excluding steroid dienone is 1. The molecule has 0 aliphatic carbocycles. The Hall–Kier alpha value is -1.82. The summed E-state index contributed by atoms with van der Waals surface area (Å²) >= 11 is 3.39. The largest absolute Gasteiger partial charge is 0.462 e. The first-order valence-corrected chi connectivity index (χ1v) is 9.03. The molecule has 0 bridgehead atoms. The summed E-state index contributed by atoms with van der Waals surface area (Å²) in [4.78, 5) is 24.3. The van der Waals surface area contributed by atoms with Gasteiger partial charge in [0.2, 0.25) is 0 Å². The Bertz CT molecular complexity index is 626. The standard InChI is InChI=1S/C18H23BrN2O3/c1-3-4-5-6-11-24-17(22)15-12(2)20-18(23)21-16(15)13-7-9-14(19)10-8-13/h7-10,16H,3-6,11H2,1-2H3,(H2,20,21,23)/t16-/m0/s1. The summed E-state index contributed by atoms with van der Waals surface area (Å²) in [7, 11) is 0. The summed E-state index contributed by atoms with van der Waals surface area (Å²) in [6.07, 6.45) is 4.18. The maximum Gasteiger partial charge on any atom is 0.338 e. The summed E-state index contributed by atoms with van der Waals surface area (Å²) < 4.78 is 6.35. The van der Waals surface area contributed by atoms with E-state index >= 15 is 0 Å². The van der Waals surface area contributed by atoms with Gasteiger partial charge in [0.1, 0.15) is 0 Å². The van der Waals surface area contributed by atoms with Gasteiger partial charge in [-0.3, -0.25) is 0 Å². The molecule has 0 saturated heterocycles. The highest BCUT2D eigenvalue weighted by atomic mass is 79.9. The highest BCUT2D eigenvalue weighted by Gasteiger charge is 2.32. The number of urea groups is 1. The summed E-state index contributed by atoms with van der Waals surface area (Å²) in [5.41, 5.74) is 1.82. The van der Waals surface area contributed by atoms with Crippen LogP contribution in [0, 0.1) is 0 Å². The molecule has 5 nitrogen and oxygen atoms in total. The molecule has 1 atom stereocenters. The molecule has 0 saturated carbocycles. The van der Waals surface area contributed by atoms with Crippen LogP contribution in [-0.4, -0.2) is 18.6 Å². The lowest BCUT2D eigenvalue weighted by atomic mass is 9.96. The van der Waals surface area contributed by atoms with Crippen LogP contribution < -0.4 is 10.6 Å². The number of benzene rings is 1. The number of hydrogen-bond acceptors (Lipinski definition) is 3. The van der Waals surface area contributed by atoms with E-state index in [9.17, 15) is 9.59 Å². The second-order valence-electron chi connectivity index (χ2n) is 5.82. The third-order valence-electron chi connectivity index (χ3n) is 3.92. The van der Waals surface area contributed by atoms with Crippen molar-refractivity contribution in [1.29, 1.82) is 0 Å². The van der Waals surface area contributed by atoms with Crippen LogP contribution >= 0.6 is 15.9 Å². The summed E-state index contributed by atoms with van der Waals surface area (Å²) in [5, 5.41) is 5.45. The van der Waals surface area contributed by atoms with E-state index in [0.717, 1.165) is 35.7 Å². The van der Waals surface area contributed by atoms with Crippen molar-refractivity contribution >= 4 is 27.9 Å². The molecule has 1 aromatic carbocycles. The topological polar surface area (TPSA) is 67.4 Å². The van der Waals surface area contributed by atoms with Gasteiger partial charge in [-0.1, -0.05) is 54.2 Å². The van der Waals surface area contributed by atoms with E-state index in [1.54, 1.807) is 6.92 Å². The van der Waals surface area contributed by atoms with Gasteiger partial charge in [-0.25, -0.2) is 9.59 Å². The SMILES string of the molecule is CCCCCCOC(=O)C1=C(C)NC(=O)N[C@H]1c1ccc(Br)cc1. The summed E-state index contributed by atoms with van der Waals surface area (Å²) in [5.74, 6) is -0.385. The van der Waals surface area contributed by atoms with E-state index in [0.29, 0.717) is 17.9 Å². The van der Waals surface area contributed by atoms with Crippen molar-refractivity contribution in [3.05, 3.63) is 45.6 Å². The predicted molar refractivity (Wildman–Crippen MR) is 96.4 cm³/mol. The lowest BCUT2D eigenvalue weighted by Gasteiger charge is -2.28. The Morgan fingerprint density at radius 1 is 1.21 bits per heavy atom. The Labute approximate surface area is 151 Å². The van der Waals surface area contributed by atoms with E-state index in [1.807, 2.05) is 24.3 Å². The molecule has 1 aromatic rings. The molecule has 0 spiro atoms. The highest BCUT2D eigenvalue weighted by Crippen LogP contribution is 2.28. The third kappa shape index (κ3) is 4.84. The smallest absolute Gasteiger partial charge is 0.338 e. The van der Waals surface area contributed by atoms with Crippen molar-refractivity contribution in [2.75, 3.05) is 6.61 Å². The Morgan fingerprint density at radius 3 is 2.58 bits per heavy atom. The molecule has 1 aliphatic rings. The van der Waals surface area contributed by atoms with Crippen molar-refractivity contribution in [3.63, 3.8) is 0 Å². The van der Waals surface area contributed by atoms with Crippen LogP contribution in [0.3, 0.4) is 0 Å². The number of nitrogens with one attached hydrogen (secondary N) is 2. The first-order valence-electron chi connectivity index (χ1n) is 8.23. The second kappa shape index (κ2) is 8.87. The van der Waals surface area contributed by atoms with Crippen molar-refractivity contribution in [3.8, 4) is 0 Å². The van der Waals surface area contributed by atoms with Gasteiger partial charge < -0.3 is 15.4 Å². The first kappa shape index (κ1) is 18.5. The predicted octanol–water partition coefficient (Wildman–Crippen LogP) is 4.20. The van der Waals surface area contributed by atoms with Crippen LogP contribution in [0.2, 0.25) is 0 Å². The number of amides is 2. The van der Waals surface area contributed by atoms with E-state index < -0.39 is 6.04 Å². The number of ether oxygens (including phenoxy) is 1. The van der Waals surface area contributed by atoms with Crippen molar-refractivity contribution in [1.82, 2.24) is 10.6 Å². The molecule has 1 heterocycles. The number of carbonyl (C=O) groups is 2. The van der Waals surface area contributed by atoms with Crippen molar-refractivity contribution in [2.45, 2.75) is 45.6 Å². The van der Waals surface area contributed by atoms with Gasteiger partial charge in [-0.2, -0.15) is 0 Å². The molecule has 2 rings (SSSR count). The van der Waals surface area contributed by atoms with Crippen LogP contribution in [0.15, 0.2) is 40.0 Å². The van der Waals surface area contributed by atoms with Gasteiger partial charge in [-0.15, -0.1) is 0 Å².